The quantitative estimate of drug-likeness (QED) is 0.470. The van der Waals surface area contributed by atoms with Gasteiger partial charge in [0.25, 0.3) is 5.56 Å². The summed E-state index contributed by atoms with van der Waals surface area (Å²) in [6.45, 7) is 0.931. The highest BCUT2D eigenvalue weighted by Crippen LogP contribution is 2.31. The molecule has 3 heterocycles. The van der Waals surface area contributed by atoms with E-state index in [1.54, 1.807) is 7.05 Å². The summed E-state index contributed by atoms with van der Waals surface area (Å²) in [5.41, 5.74) is 0.415. The Balaban J connectivity index is 1.66. The van der Waals surface area contributed by atoms with Crippen molar-refractivity contribution in [1.82, 2.24) is 23.7 Å². The number of thiazole rings is 1. The average Bonchev–Trinajstić information content (AvgIpc) is 3.34. The number of aromatic nitrogens is 5. The largest absolute Gasteiger partial charge is 0.332 e. The number of nitrogens with one attached hydrogen (secondary N) is 1. The van der Waals surface area contributed by atoms with E-state index >= 15 is 0 Å². The number of nitrogens with zero attached hydrogens (tertiary/aromatic N) is 5. The zero-order chi connectivity index (χ0) is 22.3. The summed E-state index contributed by atoms with van der Waals surface area (Å²) in [4.78, 5) is 58.8. The highest BCUT2D eigenvalue weighted by atomic mass is 32.1. The Hall–Kier alpha value is -3.86. The van der Waals surface area contributed by atoms with Crippen molar-refractivity contribution in [3.63, 3.8) is 0 Å². The monoisotopic (exact) mass is 438 g/mol. The molecule has 0 aliphatic carbocycles. The Morgan fingerprint density at radius 2 is 1.84 bits per heavy atom. The first-order valence-corrected chi connectivity index (χ1v) is 10.1. The van der Waals surface area contributed by atoms with Gasteiger partial charge in [0, 0.05) is 26.6 Å². The molecule has 11 heteroatoms. The fourth-order valence-electron chi connectivity index (χ4n) is 3.24. The standard InChI is InChI=1S/C20H18N6O4S/c1-11(27)16-14(12-7-5-4-6-8-12)23-19(31-16)22-13(28)9-26-18(29)15-17(21-10-24(15)2)25(3)20(26)30/h4-8,10H,9H2,1-3H3,(H,22,23,28). The molecule has 0 fully saturated rings. The second-order valence-corrected chi connectivity index (χ2v) is 7.93. The lowest BCUT2D eigenvalue weighted by molar-refractivity contribution is -0.116. The van der Waals surface area contributed by atoms with Crippen LogP contribution in [0.25, 0.3) is 22.4 Å². The molecular weight excluding hydrogens is 420 g/mol. The summed E-state index contributed by atoms with van der Waals surface area (Å²) in [6, 6.07) is 9.14. The molecule has 0 aliphatic rings. The SMILES string of the molecule is CC(=O)c1sc(NC(=O)Cn2c(=O)c3c(ncn3C)n(C)c2=O)nc1-c1ccccc1. The molecule has 0 saturated carbocycles. The smallest absolute Gasteiger partial charge is 0.328 e. The van der Waals surface area contributed by atoms with Crippen molar-refractivity contribution < 1.29 is 9.59 Å². The van der Waals surface area contributed by atoms with Gasteiger partial charge < -0.3 is 9.88 Å². The van der Waals surface area contributed by atoms with Crippen molar-refractivity contribution in [2.24, 2.45) is 14.1 Å². The first kappa shape index (κ1) is 20.4. The van der Waals surface area contributed by atoms with Gasteiger partial charge in [0.15, 0.2) is 22.1 Å². The van der Waals surface area contributed by atoms with Crippen LogP contribution in [0.5, 0.6) is 0 Å². The molecular formula is C20H18N6O4S. The van der Waals surface area contributed by atoms with E-state index in [9.17, 15) is 19.2 Å². The lowest BCUT2D eigenvalue weighted by Crippen LogP contribution is -2.42. The number of rotatable bonds is 5. The van der Waals surface area contributed by atoms with E-state index in [2.05, 4.69) is 15.3 Å². The van der Waals surface area contributed by atoms with Crippen molar-refractivity contribution in [1.29, 1.82) is 0 Å². The minimum Gasteiger partial charge on any atom is -0.328 e. The van der Waals surface area contributed by atoms with E-state index < -0.39 is 23.7 Å². The maximum absolute atomic E-state index is 12.8. The highest BCUT2D eigenvalue weighted by molar-refractivity contribution is 7.18. The van der Waals surface area contributed by atoms with Crippen LogP contribution in [0.2, 0.25) is 0 Å². The molecule has 1 N–H and O–H groups in total. The second kappa shape index (κ2) is 7.76. The predicted octanol–water partition coefficient (Wildman–Crippen LogP) is 1.40. The fraction of sp³-hybridized carbons (Fsp3) is 0.200. The molecule has 4 aromatic rings. The van der Waals surface area contributed by atoms with Crippen LogP contribution in [-0.4, -0.2) is 35.4 Å². The fourth-order valence-corrected chi connectivity index (χ4v) is 4.14. The van der Waals surface area contributed by atoms with Gasteiger partial charge in [-0.05, 0) is 0 Å². The number of carbonyl (C=O) groups excluding carboxylic acids is 2. The van der Waals surface area contributed by atoms with E-state index in [-0.39, 0.29) is 22.1 Å². The maximum atomic E-state index is 12.8. The minimum atomic E-state index is -0.653. The molecule has 10 nitrogen and oxygen atoms in total. The Morgan fingerprint density at radius 3 is 2.52 bits per heavy atom. The summed E-state index contributed by atoms with van der Waals surface area (Å²) >= 11 is 1.04. The van der Waals surface area contributed by atoms with Gasteiger partial charge in [-0.3, -0.25) is 19.0 Å². The van der Waals surface area contributed by atoms with Crippen LogP contribution in [0, 0.1) is 0 Å². The predicted molar refractivity (Wildman–Crippen MR) is 116 cm³/mol. The number of hydrogen-bond acceptors (Lipinski definition) is 7. The van der Waals surface area contributed by atoms with Crippen molar-refractivity contribution >= 4 is 39.3 Å². The third-order valence-corrected chi connectivity index (χ3v) is 5.81. The molecule has 0 spiro atoms. The Morgan fingerprint density at radius 1 is 1.13 bits per heavy atom. The van der Waals surface area contributed by atoms with Crippen LogP contribution in [0.1, 0.15) is 16.6 Å². The number of benzene rings is 1. The normalized spacial score (nSPS) is 11.1. The van der Waals surface area contributed by atoms with Gasteiger partial charge in [-0.25, -0.2) is 19.3 Å². The van der Waals surface area contributed by atoms with Gasteiger partial charge >= 0.3 is 5.69 Å². The van der Waals surface area contributed by atoms with E-state index in [0.29, 0.717) is 10.6 Å². The molecule has 158 valence electrons. The number of imidazole rings is 1. The first-order chi connectivity index (χ1) is 14.8. The van der Waals surface area contributed by atoms with Crippen LogP contribution in [-0.2, 0) is 25.4 Å². The summed E-state index contributed by atoms with van der Waals surface area (Å²) in [5.74, 6) is -0.784. The Bertz CT molecular complexity index is 1440. The van der Waals surface area contributed by atoms with Crippen LogP contribution in [0.15, 0.2) is 46.2 Å². The molecule has 0 aliphatic heterocycles. The van der Waals surface area contributed by atoms with Gasteiger partial charge in [0.2, 0.25) is 5.91 Å². The number of fused-ring (bicyclic) bond motifs is 1. The number of amides is 1. The number of anilines is 1. The maximum Gasteiger partial charge on any atom is 0.332 e. The Kier molecular flexibility index (Phi) is 5.11. The number of Topliss-reactive ketones (excluding diaryl/α,β-unsaturated/α-hetero) is 1. The summed E-state index contributed by atoms with van der Waals surface area (Å²) in [6.07, 6.45) is 1.43. The Labute approximate surface area is 179 Å². The summed E-state index contributed by atoms with van der Waals surface area (Å²) in [7, 11) is 3.12. The molecule has 0 bridgehead atoms. The number of hydrogen-bond donors (Lipinski definition) is 1. The number of carbonyl (C=O) groups is 2. The molecule has 0 unspecified atom stereocenters. The molecule has 4 rings (SSSR count). The van der Waals surface area contributed by atoms with Crippen molar-refractivity contribution in [3.8, 4) is 11.3 Å². The van der Waals surface area contributed by atoms with E-state index in [1.807, 2.05) is 30.3 Å². The number of aryl methyl sites for hydroxylation is 2. The summed E-state index contributed by atoms with van der Waals surface area (Å²) in [5, 5.41) is 2.80. The molecule has 1 amide bonds. The zero-order valence-electron chi connectivity index (χ0n) is 16.9. The second-order valence-electron chi connectivity index (χ2n) is 6.93. The molecule has 0 radical (unpaired) electrons. The molecule has 0 saturated heterocycles. The molecule has 31 heavy (non-hydrogen) atoms. The third kappa shape index (κ3) is 3.59. The lowest BCUT2D eigenvalue weighted by atomic mass is 10.1. The zero-order valence-corrected chi connectivity index (χ0v) is 17.8. The third-order valence-electron chi connectivity index (χ3n) is 4.74. The average molecular weight is 438 g/mol. The van der Waals surface area contributed by atoms with Crippen LogP contribution < -0.4 is 16.6 Å². The summed E-state index contributed by atoms with van der Waals surface area (Å²) < 4.78 is 3.56. The van der Waals surface area contributed by atoms with Gasteiger partial charge in [-0.2, -0.15) is 0 Å². The molecule has 3 aromatic heterocycles. The van der Waals surface area contributed by atoms with Gasteiger partial charge in [0.05, 0.1) is 16.9 Å². The van der Waals surface area contributed by atoms with Crippen LogP contribution in [0.4, 0.5) is 5.13 Å². The topological polar surface area (TPSA) is 121 Å². The molecule has 0 atom stereocenters. The van der Waals surface area contributed by atoms with Crippen LogP contribution in [0.3, 0.4) is 0 Å². The van der Waals surface area contributed by atoms with E-state index in [0.717, 1.165) is 21.5 Å². The number of ketones is 1. The minimum absolute atomic E-state index is 0.177. The van der Waals surface area contributed by atoms with E-state index in [1.165, 1.54) is 29.4 Å². The van der Waals surface area contributed by atoms with Crippen molar-refractivity contribution in [2.75, 3.05) is 5.32 Å². The molecule has 1 aromatic carbocycles. The first-order valence-electron chi connectivity index (χ1n) is 9.25. The van der Waals surface area contributed by atoms with Gasteiger partial charge in [-0.1, -0.05) is 41.7 Å². The van der Waals surface area contributed by atoms with Crippen molar-refractivity contribution in [2.45, 2.75) is 13.5 Å². The van der Waals surface area contributed by atoms with Crippen molar-refractivity contribution in [3.05, 3.63) is 62.4 Å². The van der Waals surface area contributed by atoms with Gasteiger partial charge in [-0.15, -0.1) is 0 Å². The highest BCUT2D eigenvalue weighted by Gasteiger charge is 2.20. The van der Waals surface area contributed by atoms with Crippen LogP contribution >= 0.6 is 11.3 Å². The van der Waals surface area contributed by atoms with E-state index in [4.69, 9.17) is 0 Å². The van der Waals surface area contributed by atoms with Gasteiger partial charge in [0.1, 0.15) is 6.54 Å². The lowest BCUT2D eigenvalue weighted by Gasteiger charge is -2.08.